The van der Waals surface area contributed by atoms with Gasteiger partial charge >= 0.3 is 0 Å². The predicted octanol–water partition coefficient (Wildman–Crippen LogP) is 3.26. The fourth-order valence-corrected chi connectivity index (χ4v) is 2.38. The number of Topliss-reactive ketones (excluding diaryl/α,β-unsaturated/α-hetero) is 1. The molecule has 0 aliphatic carbocycles. The van der Waals surface area contributed by atoms with Crippen LogP contribution in [0.3, 0.4) is 0 Å². The number of carbonyl (C=O) groups is 1. The molecule has 0 N–H and O–H groups in total. The first-order valence-corrected chi connectivity index (χ1v) is 5.94. The van der Waals surface area contributed by atoms with Crippen molar-refractivity contribution in [3.63, 3.8) is 0 Å². The average molecular weight is 235 g/mol. The number of nitrogens with zero attached hydrogens (tertiary/aromatic N) is 1. The maximum absolute atomic E-state index is 13.2. The Bertz CT molecular complexity index is 454. The van der Waals surface area contributed by atoms with E-state index in [0.717, 1.165) is 25.2 Å². The van der Waals surface area contributed by atoms with Crippen LogP contribution in [0.2, 0.25) is 0 Å². The van der Waals surface area contributed by atoms with E-state index in [1.165, 1.54) is 19.1 Å². The minimum atomic E-state index is -0.350. The summed E-state index contributed by atoms with van der Waals surface area (Å²) in [7, 11) is 0. The van der Waals surface area contributed by atoms with Crippen molar-refractivity contribution >= 4 is 11.5 Å². The topological polar surface area (TPSA) is 20.3 Å². The Kier molecular flexibility index (Phi) is 2.94. The summed E-state index contributed by atoms with van der Waals surface area (Å²) in [5.74, 6) is -0.429. The van der Waals surface area contributed by atoms with Crippen LogP contribution < -0.4 is 4.90 Å². The van der Waals surface area contributed by atoms with Gasteiger partial charge in [-0.2, -0.15) is 0 Å². The van der Waals surface area contributed by atoms with E-state index in [-0.39, 0.29) is 17.0 Å². The van der Waals surface area contributed by atoms with Gasteiger partial charge in [0.2, 0.25) is 0 Å². The van der Waals surface area contributed by atoms with Gasteiger partial charge in [0.25, 0.3) is 0 Å². The van der Waals surface area contributed by atoms with E-state index in [1.54, 1.807) is 6.07 Å². The summed E-state index contributed by atoms with van der Waals surface area (Å²) in [6.45, 7) is 7.76. The lowest BCUT2D eigenvalue weighted by Gasteiger charge is -2.23. The Morgan fingerprint density at radius 3 is 2.65 bits per heavy atom. The third kappa shape index (κ3) is 2.48. The molecule has 0 atom stereocenters. The van der Waals surface area contributed by atoms with Gasteiger partial charge in [0.05, 0.1) is 0 Å². The SMILES string of the molecule is CC(=O)c1cc(F)ccc1N1CCC(C)(C)C1. The zero-order valence-electron chi connectivity index (χ0n) is 10.6. The molecule has 0 saturated carbocycles. The standard InChI is InChI=1S/C14H18FNO/c1-10(17)12-8-11(15)4-5-13(12)16-7-6-14(2,3)9-16/h4-5,8H,6-7,9H2,1-3H3. The number of carbonyl (C=O) groups excluding carboxylic acids is 1. The summed E-state index contributed by atoms with van der Waals surface area (Å²) in [5.41, 5.74) is 1.62. The molecule has 92 valence electrons. The molecule has 17 heavy (non-hydrogen) atoms. The van der Waals surface area contributed by atoms with Gasteiger partial charge in [-0.15, -0.1) is 0 Å². The Labute approximate surface area is 101 Å². The van der Waals surface area contributed by atoms with Crippen LogP contribution in [0.4, 0.5) is 10.1 Å². The third-order valence-corrected chi connectivity index (χ3v) is 3.36. The smallest absolute Gasteiger partial charge is 0.161 e. The van der Waals surface area contributed by atoms with Gasteiger partial charge in [0, 0.05) is 24.3 Å². The van der Waals surface area contributed by atoms with E-state index in [9.17, 15) is 9.18 Å². The van der Waals surface area contributed by atoms with Crippen molar-refractivity contribution in [2.45, 2.75) is 27.2 Å². The van der Waals surface area contributed by atoms with E-state index >= 15 is 0 Å². The van der Waals surface area contributed by atoms with E-state index in [0.29, 0.717) is 5.56 Å². The van der Waals surface area contributed by atoms with Crippen LogP contribution >= 0.6 is 0 Å². The van der Waals surface area contributed by atoms with Gasteiger partial charge < -0.3 is 4.90 Å². The largest absolute Gasteiger partial charge is 0.370 e. The molecule has 1 aromatic rings. The van der Waals surface area contributed by atoms with Crippen molar-refractivity contribution in [2.24, 2.45) is 5.41 Å². The first-order valence-electron chi connectivity index (χ1n) is 5.94. The monoisotopic (exact) mass is 235 g/mol. The van der Waals surface area contributed by atoms with Crippen molar-refractivity contribution < 1.29 is 9.18 Å². The molecular weight excluding hydrogens is 217 g/mol. The molecule has 1 fully saturated rings. The summed E-state index contributed by atoms with van der Waals surface area (Å²) >= 11 is 0. The molecule has 0 radical (unpaired) electrons. The molecule has 1 heterocycles. The van der Waals surface area contributed by atoms with Gasteiger partial charge in [0.1, 0.15) is 5.82 Å². The highest BCUT2D eigenvalue weighted by molar-refractivity contribution is 5.99. The molecule has 2 nitrogen and oxygen atoms in total. The van der Waals surface area contributed by atoms with E-state index in [4.69, 9.17) is 0 Å². The lowest BCUT2D eigenvalue weighted by atomic mass is 9.93. The average Bonchev–Trinajstić information content (AvgIpc) is 2.58. The first-order chi connectivity index (χ1) is 7.89. The Morgan fingerprint density at radius 1 is 1.41 bits per heavy atom. The maximum atomic E-state index is 13.2. The second-order valence-corrected chi connectivity index (χ2v) is 5.55. The lowest BCUT2D eigenvalue weighted by Crippen LogP contribution is -2.24. The van der Waals surface area contributed by atoms with Crippen molar-refractivity contribution in [1.82, 2.24) is 0 Å². The summed E-state index contributed by atoms with van der Waals surface area (Å²) < 4.78 is 13.2. The van der Waals surface area contributed by atoms with Crippen LogP contribution in [0.15, 0.2) is 18.2 Å². The highest BCUT2D eigenvalue weighted by atomic mass is 19.1. The predicted molar refractivity (Wildman–Crippen MR) is 67.0 cm³/mol. The highest BCUT2D eigenvalue weighted by Crippen LogP contribution is 2.34. The van der Waals surface area contributed by atoms with Crippen molar-refractivity contribution in [1.29, 1.82) is 0 Å². The Balaban J connectivity index is 2.36. The van der Waals surface area contributed by atoms with Crippen LogP contribution in [0.1, 0.15) is 37.6 Å². The Morgan fingerprint density at radius 2 is 2.12 bits per heavy atom. The second kappa shape index (κ2) is 4.13. The molecule has 1 saturated heterocycles. The highest BCUT2D eigenvalue weighted by Gasteiger charge is 2.30. The summed E-state index contributed by atoms with van der Waals surface area (Å²) in [4.78, 5) is 13.7. The number of ketones is 1. The lowest BCUT2D eigenvalue weighted by molar-refractivity contribution is 0.101. The molecule has 0 aromatic heterocycles. The number of hydrogen-bond acceptors (Lipinski definition) is 2. The molecule has 3 heteroatoms. The number of halogens is 1. The Hall–Kier alpha value is -1.38. The minimum absolute atomic E-state index is 0.0794. The zero-order chi connectivity index (χ0) is 12.6. The molecular formula is C14H18FNO. The van der Waals surface area contributed by atoms with E-state index in [2.05, 4.69) is 18.7 Å². The molecule has 0 unspecified atom stereocenters. The van der Waals surface area contributed by atoms with Crippen molar-refractivity contribution in [2.75, 3.05) is 18.0 Å². The molecule has 1 aromatic carbocycles. The fourth-order valence-electron chi connectivity index (χ4n) is 2.38. The maximum Gasteiger partial charge on any atom is 0.161 e. The van der Waals surface area contributed by atoms with Gasteiger partial charge in [-0.25, -0.2) is 4.39 Å². The van der Waals surface area contributed by atoms with Gasteiger partial charge in [0.15, 0.2) is 5.78 Å². The summed E-state index contributed by atoms with van der Waals surface area (Å²) in [6.07, 6.45) is 1.10. The first kappa shape index (κ1) is 12.1. The molecule has 1 aliphatic rings. The van der Waals surface area contributed by atoms with E-state index in [1.807, 2.05) is 0 Å². The van der Waals surface area contributed by atoms with Crippen LogP contribution in [0.5, 0.6) is 0 Å². The zero-order valence-corrected chi connectivity index (χ0v) is 10.6. The van der Waals surface area contributed by atoms with Gasteiger partial charge in [-0.1, -0.05) is 13.8 Å². The quantitative estimate of drug-likeness (QED) is 0.733. The summed E-state index contributed by atoms with van der Waals surface area (Å²) in [5, 5.41) is 0. The minimum Gasteiger partial charge on any atom is -0.370 e. The number of anilines is 1. The summed E-state index contributed by atoms with van der Waals surface area (Å²) in [6, 6.07) is 4.48. The van der Waals surface area contributed by atoms with Crippen LogP contribution in [-0.2, 0) is 0 Å². The molecule has 0 bridgehead atoms. The van der Waals surface area contributed by atoms with Crippen molar-refractivity contribution in [3.8, 4) is 0 Å². The normalized spacial score (nSPS) is 18.5. The van der Waals surface area contributed by atoms with Gasteiger partial charge in [-0.3, -0.25) is 4.79 Å². The molecule has 1 aliphatic heterocycles. The molecule has 0 amide bonds. The van der Waals surface area contributed by atoms with E-state index < -0.39 is 0 Å². The number of benzene rings is 1. The number of hydrogen-bond donors (Lipinski definition) is 0. The molecule has 2 rings (SSSR count). The second-order valence-electron chi connectivity index (χ2n) is 5.55. The van der Waals surface area contributed by atoms with Crippen LogP contribution in [0, 0.1) is 11.2 Å². The van der Waals surface area contributed by atoms with Crippen LogP contribution in [-0.4, -0.2) is 18.9 Å². The number of rotatable bonds is 2. The van der Waals surface area contributed by atoms with Crippen LogP contribution in [0.25, 0.3) is 0 Å². The third-order valence-electron chi connectivity index (χ3n) is 3.36. The fraction of sp³-hybridized carbons (Fsp3) is 0.500. The van der Waals surface area contributed by atoms with Crippen molar-refractivity contribution in [3.05, 3.63) is 29.6 Å². The van der Waals surface area contributed by atoms with Gasteiger partial charge in [-0.05, 0) is 37.0 Å². The molecule has 0 spiro atoms.